The molecule has 1 aliphatic rings. The van der Waals surface area contributed by atoms with E-state index >= 15 is 0 Å². The molecule has 0 saturated heterocycles. The second-order valence-electron chi connectivity index (χ2n) is 6.71. The number of rotatable bonds is 6. The fourth-order valence-electron chi connectivity index (χ4n) is 2.17. The second kappa shape index (κ2) is 7.12. The van der Waals surface area contributed by atoms with Crippen molar-refractivity contribution in [3.8, 4) is 0 Å². The Kier molecular flexibility index (Phi) is 5.41. The molecule has 0 bridgehead atoms. The molecule has 1 aliphatic carbocycles. The number of thiophene rings is 1. The molecule has 7 heteroatoms. The van der Waals surface area contributed by atoms with Gasteiger partial charge in [0.25, 0.3) is 5.91 Å². The summed E-state index contributed by atoms with van der Waals surface area (Å²) in [6.07, 6.45) is 1.82. The highest BCUT2D eigenvalue weighted by Crippen LogP contribution is 2.26. The molecule has 2 rings (SSSR count). The van der Waals surface area contributed by atoms with Gasteiger partial charge in [0.1, 0.15) is 0 Å². The SMILES string of the molecule is CC(C)(C)NC(=O)CN(C(=O)CNC(=O)c1cccs1)C1CC1. The normalized spacial score (nSPS) is 14.2. The molecule has 1 aromatic rings. The van der Waals surface area contributed by atoms with Gasteiger partial charge in [-0.15, -0.1) is 11.3 Å². The van der Waals surface area contributed by atoms with E-state index in [-0.39, 0.29) is 42.4 Å². The molecular formula is C16H23N3O3S. The van der Waals surface area contributed by atoms with Crippen LogP contribution in [0.25, 0.3) is 0 Å². The molecule has 0 radical (unpaired) electrons. The lowest BCUT2D eigenvalue weighted by molar-refractivity contribution is -0.136. The maximum atomic E-state index is 12.3. The first-order chi connectivity index (χ1) is 10.8. The van der Waals surface area contributed by atoms with Crippen molar-refractivity contribution >= 4 is 29.1 Å². The van der Waals surface area contributed by atoms with E-state index in [2.05, 4.69) is 10.6 Å². The number of carbonyl (C=O) groups is 3. The minimum absolute atomic E-state index is 0.0373. The summed E-state index contributed by atoms with van der Waals surface area (Å²) >= 11 is 1.33. The van der Waals surface area contributed by atoms with E-state index in [1.165, 1.54) is 11.3 Å². The maximum absolute atomic E-state index is 12.3. The standard InChI is InChI=1S/C16H23N3O3S/c1-16(2,3)18-13(20)10-19(11-6-7-11)14(21)9-17-15(22)12-5-4-8-23-12/h4-5,8,11H,6-7,9-10H2,1-3H3,(H,17,22)(H,18,20). The van der Waals surface area contributed by atoms with Crippen LogP contribution in [0, 0.1) is 0 Å². The molecule has 1 aromatic heterocycles. The summed E-state index contributed by atoms with van der Waals surface area (Å²) in [5.74, 6) is -0.660. The summed E-state index contributed by atoms with van der Waals surface area (Å²) in [6, 6.07) is 3.61. The topological polar surface area (TPSA) is 78.5 Å². The molecular weight excluding hydrogens is 314 g/mol. The fraction of sp³-hybridized carbons (Fsp3) is 0.562. The molecule has 0 spiro atoms. The second-order valence-corrected chi connectivity index (χ2v) is 7.66. The first-order valence-electron chi connectivity index (χ1n) is 7.68. The van der Waals surface area contributed by atoms with Crippen molar-refractivity contribution in [3.05, 3.63) is 22.4 Å². The highest BCUT2D eigenvalue weighted by atomic mass is 32.1. The highest BCUT2D eigenvalue weighted by Gasteiger charge is 2.34. The van der Waals surface area contributed by atoms with Gasteiger partial charge >= 0.3 is 0 Å². The third kappa shape index (κ3) is 5.67. The lowest BCUT2D eigenvalue weighted by Crippen LogP contribution is -2.49. The Bertz CT molecular complexity index is 574. The summed E-state index contributed by atoms with van der Waals surface area (Å²) in [4.78, 5) is 38.4. The van der Waals surface area contributed by atoms with E-state index in [9.17, 15) is 14.4 Å². The maximum Gasteiger partial charge on any atom is 0.261 e. The van der Waals surface area contributed by atoms with Crippen molar-refractivity contribution in [1.29, 1.82) is 0 Å². The average Bonchev–Trinajstić information content (AvgIpc) is 3.13. The van der Waals surface area contributed by atoms with Crippen LogP contribution in [0.2, 0.25) is 0 Å². The van der Waals surface area contributed by atoms with Gasteiger partial charge in [-0.2, -0.15) is 0 Å². The van der Waals surface area contributed by atoms with Crippen LogP contribution in [0.15, 0.2) is 17.5 Å². The third-order valence-corrected chi connectivity index (χ3v) is 4.15. The van der Waals surface area contributed by atoms with Gasteiger partial charge in [-0.25, -0.2) is 0 Å². The van der Waals surface area contributed by atoms with Gasteiger partial charge in [0.05, 0.1) is 18.0 Å². The van der Waals surface area contributed by atoms with E-state index < -0.39 is 0 Å². The smallest absolute Gasteiger partial charge is 0.261 e. The zero-order valence-corrected chi connectivity index (χ0v) is 14.5. The van der Waals surface area contributed by atoms with Gasteiger partial charge in [-0.05, 0) is 45.1 Å². The molecule has 126 valence electrons. The molecule has 6 nitrogen and oxygen atoms in total. The molecule has 23 heavy (non-hydrogen) atoms. The number of nitrogens with one attached hydrogen (secondary N) is 2. The van der Waals surface area contributed by atoms with E-state index in [0.29, 0.717) is 4.88 Å². The Morgan fingerprint density at radius 1 is 1.30 bits per heavy atom. The molecule has 0 aromatic carbocycles. The fourth-order valence-corrected chi connectivity index (χ4v) is 2.81. The summed E-state index contributed by atoms with van der Waals surface area (Å²) in [5, 5.41) is 7.28. The van der Waals surface area contributed by atoms with Crippen molar-refractivity contribution in [2.24, 2.45) is 0 Å². The predicted molar refractivity (Wildman–Crippen MR) is 89.3 cm³/mol. The van der Waals surface area contributed by atoms with Crippen LogP contribution in [0.5, 0.6) is 0 Å². The van der Waals surface area contributed by atoms with Crippen LogP contribution in [-0.2, 0) is 9.59 Å². The third-order valence-electron chi connectivity index (χ3n) is 3.28. The van der Waals surface area contributed by atoms with Crippen LogP contribution in [0.4, 0.5) is 0 Å². The van der Waals surface area contributed by atoms with Crippen molar-refractivity contribution in [2.75, 3.05) is 13.1 Å². The summed E-state index contributed by atoms with van der Waals surface area (Å²) in [7, 11) is 0. The van der Waals surface area contributed by atoms with Crippen LogP contribution >= 0.6 is 11.3 Å². The number of amides is 3. The molecule has 0 unspecified atom stereocenters. The van der Waals surface area contributed by atoms with Gasteiger partial charge in [0.2, 0.25) is 11.8 Å². The predicted octanol–water partition coefficient (Wildman–Crippen LogP) is 1.38. The van der Waals surface area contributed by atoms with Crippen LogP contribution in [-0.4, -0.2) is 47.3 Å². The molecule has 0 atom stereocenters. The van der Waals surface area contributed by atoms with Gasteiger partial charge in [-0.3, -0.25) is 14.4 Å². The Morgan fingerprint density at radius 2 is 2.00 bits per heavy atom. The van der Waals surface area contributed by atoms with Crippen LogP contribution in [0.1, 0.15) is 43.3 Å². The van der Waals surface area contributed by atoms with Crippen LogP contribution < -0.4 is 10.6 Å². The van der Waals surface area contributed by atoms with E-state index in [1.807, 2.05) is 26.2 Å². The largest absolute Gasteiger partial charge is 0.350 e. The van der Waals surface area contributed by atoms with Crippen molar-refractivity contribution in [2.45, 2.75) is 45.2 Å². The Morgan fingerprint density at radius 3 is 2.52 bits per heavy atom. The van der Waals surface area contributed by atoms with E-state index in [4.69, 9.17) is 0 Å². The molecule has 2 N–H and O–H groups in total. The van der Waals surface area contributed by atoms with Crippen molar-refractivity contribution in [3.63, 3.8) is 0 Å². The number of nitrogens with zero attached hydrogens (tertiary/aromatic N) is 1. The van der Waals surface area contributed by atoms with E-state index in [1.54, 1.807) is 17.0 Å². The molecule has 1 saturated carbocycles. The first-order valence-corrected chi connectivity index (χ1v) is 8.56. The van der Waals surface area contributed by atoms with Crippen LogP contribution in [0.3, 0.4) is 0 Å². The molecule has 0 aliphatic heterocycles. The lowest BCUT2D eigenvalue weighted by atomic mass is 10.1. The average molecular weight is 337 g/mol. The van der Waals surface area contributed by atoms with Gasteiger partial charge in [-0.1, -0.05) is 6.07 Å². The van der Waals surface area contributed by atoms with Gasteiger partial charge in [0.15, 0.2) is 0 Å². The van der Waals surface area contributed by atoms with Crippen molar-refractivity contribution in [1.82, 2.24) is 15.5 Å². The lowest BCUT2D eigenvalue weighted by Gasteiger charge is -2.26. The monoisotopic (exact) mass is 337 g/mol. The quantitative estimate of drug-likeness (QED) is 0.823. The highest BCUT2D eigenvalue weighted by molar-refractivity contribution is 7.12. The molecule has 1 heterocycles. The minimum Gasteiger partial charge on any atom is -0.350 e. The summed E-state index contributed by atoms with van der Waals surface area (Å²) in [6.45, 7) is 5.64. The Balaban J connectivity index is 1.86. The van der Waals surface area contributed by atoms with Crippen molar-refractivity contribution < 1.29 is 14.4 Å². The van der Waals surface area contributed by atoms with Gasteiger partial charge in [0, 0.05) is 11.6 Å². The molecule has 3 amide bonds. The summed E-state index contributed by atoms with van der Waals surface area (Å²) in [5.41, 5.74) is -0.331. The zero-order chi connectivity index (χ0) is 17.0. The zero-order valence-electron chi connectivity index (χ0n) is 13.7. The Hall–Kier alpha value is -1.89. The Labute approximate surface area is 140 Å². The number of hydrogen-bond donors (Lipinski definition) is 2. The summed E-state index contributed by atoms with van der Waals surface area (Å²) < 4.78 is 0. The minimum atomic E-state index is -0.331. The molecule has 1 fully saturated rings. The number of carbonyl (C=O) groups excluding carboxylic acids is 3. The van der Waals surface area contributed by atoms with Gasteiger partial charge < -0.3 is 15.5 Å². The van der Waals surface area contributed by atoms with E-state index in [0.717, 1.165) is 12.8 Å². The number of hydrogen-bond acceptors (Lipinski definition) is 4. The first kappa shape index (κ1) is 17.5.